The van der Waals surface area contributed by atoms with E-state index in [0.29, 0.717) is 6.01 Å². The third-order valence-electron chi connectivity index (χ3n) is 9.27. The molecule has 0 unspecified atom stereocenters. The summed E-state index contributed by atoms with van der Waals surface area (Å²) in [5, 5.41) is 4.71. The van der Waals surface area contributed by atoms with Gasteiger partial charge < -0.3 is 4.42 Å². The Balaban J connectivity index is 1.27. The van der Waals surface area contributed by atoms with Crippen LogP contribution in [0.3, 0.4) is 0 Å². The molecule has 0 saturated carbocycles. The molecule has 0 radical (unpaired) electrons. The molecule has 10 rings (SSSR count). The molecule has 0 saturated heterocycles. The van der Waals surface area contributed by atoms with Crippen LogP contribution >= 0.6 is 11.3 Å². The number of thiophene rings is 1. The minimum absolute atomic E-state index is 0.571. The van der Waals surface area contributed by atoms with Crippen LogP contribution in [0, 0.1) is 0 Å². The molecule has 47 heavy (non-hydrogen) atoms. The molecule has 0 amide bonds. The maximum absolute atomic E-state index is 6.72. The third kappa shape index (κ3) is 4.02. The lowest BCUT2D eigenvalue weighted by Crippen LogP contribution is -1.94. The van der Waals surface area contributed by atoms with Crippen LogP contribution in [0.15, 0.2) is 162 Å². The average molecular weight is 619 g/mol. The van der Waals surface area contributed by atoms with Crippen molar-refractivity contribution >= 4 is 64.4 Å². The van der Waals surface area contributed by atoms with E-state index in [1.54, 1.807) is 0 Å². The van der Waals surface area contributed by atoms with Crippen LogP contribution in [0.25, 0.3) is 92.5 Å². The van der Waals surface area contributed by atoms with Gasteiger partial charge in [0.2, 0.25) is 0 Å². The first-order valence-electron chi connectivity index (χ1n) is 15.8. The normalized spacial score (nSPS) is 11.8. The lowest BCUT2D eigenvalue weighted by Gasteiger charge is -2.05. The van der Waals surface area contributed by atoms with Gasteiger partial charge in [0.1, 0.15) is 5.52 Å². The first-order valence-corrected chi connectivity index (χ1v) is 16.6. The molecule has 3 heterocycles. The van der Waals surface area contributed by atoms with Crippen molar-refractivity contribution in [1.82, 2.24) is 9.55 Å². The lowest BCUT2D eigenvalue weighted by atomic mass is 9.98. The number of hydrogen-bond donors (Lipinski definition) is 0. The predicted molar refractivity (Wildman–Crippen MR) is 198 cm³/mol. The third-order valence-corrected chi connectivity index (χ3v) is 10.5. The summed E-state index contributed by atoms with van der Waals surface area (Å²) in [6, 6.07) is 56.5. The highest BCUT2D eigenvalue weighted by molar-refractivity contribution is 7.26. The van der Waals surface area contributed by atoms with E-state index in [0.717, 1.165) is 33.1 Å². The quantitative estimate of drug-likeness (QED) is 0.196. The number of oxazole rings is 1. The molecule has 0 atom stereocenters. The molecule has 4 heteroatoms. The van der Waals surface area contributed by atoms with Gasteiger partial charge in [0.25, 0.3) is 0 Å². The highest BCUT2D eigenvalue weighted by atomic mass is 32.1. The Kier molecular flexibility index (Phi) is 5.74. The summed E-state index contributed by atoms with van der Waals surface area (Å²) in [5.74, 6) is 0. The summed E-state index contributed by atoms with van der Waals surface area (Å²) >= 11 is 1.82. The number of fused-ring (bicyclic) bond motifs is 8. The fourth-order valence-electron chi connectivity index (χ4n) is 7.15. The Morgan fingerprint density at radius 2 is 1.17 bits per heavy atom. The Hall–Kier alpha value is -5.97. The minimum atomic E-state index is 0.571. The van der Waals surface area contributed by atoms with Gasteiger partial charge in [0, 0.05) is 30.9 Å². The average Bonchev–Trinajstić information content (AvgIpc) is 3.83. The highest BCUT2D eigenvalue weighted by Crippen LogP contribution is 2.44. The fraction of sp³-hybridized carbons (Fsp3) is 0. The standard InChI is InChI=1S/C43H26N2OS/c1-4-12-27(13-5-1)30-22-23-33-36(26-30)45(35-21-11-18-31(39(33)35)28-14-6-2-7-15-28)43-44-41-37(46-43)24-25-38-40(41)34-20-10-19-32(42(34)47-38)29-16-8-3-9-17-29/h1-26H. The Labute approximate surface area is 274 Å². The molecule has 3 aromatic heterocycles. The SMILES string of the molecule is c1ccc(-c2ccc3c4c(-c5ccccc5)cccc4n(-c4nc5c(ccc6sc7c(-c8ccccc8)cccc7c65)o4)c3c2)cc1. The van der Waals surface area contributed by atoms with Crippen LogP contribution in [0.4, 0.5) is 0 Å². The summed E-state index contributed by atoms with van der Waals surface area (Å²) in [6.07, 6.45) is 0. The van der Waals surface area contributed by atoms with Gasteiger partial charge >= 0.3 is 6.01 Å². The first-order chi connectivity index (χ1) is 23.3. The van der Waals surface area contributed by atoms with Crippen molar-refractivity contribution in [1.29, 1.82) is 0 Å². The van der Waals surface area contributed by atoms with E-state index in [4.69, 9.17) is 9.40 Å². The van der Waals surface area contributed by atoms with Crippen molar-refractivity contribution in [3.8, 4) is 39.4 Å². The van der Waals surface area contributed by atoms with Gasteiger partial charge in [-0.3, -0.25) is 4.57 Å². The fourth-order valence-corrected chi connectivity index (χ4v) is 8.39. The van der Waals surface area contributed by atoms with Crippen molar-refractivity contribution in [2.24, 2.45) is 0 Å². The molecular weight excluding hydrogens is 593 g/mol. The smallest absolute Gasteiger partial charge is 0.307 e. The summed E-state index contributed by atoms with van der Waals surface area (Å²) in [6.45, 7) is 0. The predicted octanol–water partition coefficient (Wildman–Crippen LogP) is 12.3. The van der Waals surface area contributed by atoms with E-state index < -0.39 is 0 Å². The zero-order valence-electron chi connectivity index (χ0n) is 25.2. The van der Waals surface area contributed by atoms with E-state index in [1.165, 1.54) is 53.4 Å². The molecule has 0 aliphatic rings. The zero-order chi connectivity index (χ0) is 30.9. The van der Waals surface area contributed by atoms with Crippen molar-refractivity contribution in [3.63, 3.8) is 0 Å². The van der Waals surface area contributed by atoms with Gasteiger partial charge in [-0.1, -0.05) is 133 Å². The number of hydrogen-bond acceptors (Lipinski definition) is 3. The molecule has 10 aromatic rings. The van der Waals surface area contributed by atoms with Crippen molar-refractivity contribution in [3.05, 3.63) is 158 Å². The van der Waals surface area contributed by atoms with E-state index >= 15 is 0 Å². The van der Waals surface area contributed by atoms with Crippen molar-refractivity contribution < 1.29 is 4.42 Å². The molecule has 0 N–H and O–H groups in total. The second kappa shape index (κ2) is 10.3. The Bertz CT molecular complexity index is 2770. The molecule has 220 valence electrons. The first kappa shape index (κ1) is 26.3. The van der Waals surface area contributed by atoms with E-state index in [1.807, 2.05) is 11.3 Å². The van der Waals surface area contributed by atoms with Crippen LogP contribution in [0.2, 0.25) is 0 Å². The summed E-state index contributed by atoms with van der Waals surface area (Å²) in [5.41, 5.74) is 11.0. The lowest BCUT2D eigenvalue weighted by molar-refractivity contribution is 0.574. The zero-order valence-corrected chi connectivity index (χ0v) is 26.0. The summed E-state index contributed by atoms with van der Waals surface area (Å²) in [4.78, 5) is 5.32. The van der Waals surface area contributed by atoms with Gasteiger partial charge in [-0.2, -0.15) is 4.98 Å². The molecular formula is C43H26N2OS. The number of rotatable bonds is 4. The van der Waals surface area contributed by atoms with Crippen molar-refractivity contribution in [2.45, 2.75) is 0 Å². The molecule has 3 nitrogen and oxygen atoms in total. The molecule has 7 aromatic carbocycles. The van der Waals surface area contributed by atoms with Crippen LogP contribution in [0.5, 0.6) is 0 Å². The Morgan fingerprint density at radius 1 is 0.489 bits per heavy atom. The summed E-state index contributed by atoms with van der Waals surface area (Å²) in [7, 11) is 0. The van der Waals surface area contributed by atoms with Gasteiger partial charge in [0.05, 0.1) is 11.0 Å². The summed E-state index contributed by atoms with van der Waals surface area (Å²) < 4.78 is 11.4. The molecule has 0 aliphatic carbocycles. The number of benzene rings is 7. The number of nitrogens with zero attached hydrogens (tertiary/aromatic N) is 2. The minimum Gasteiger partial charge on any atom is -0.423 e. The monoisotopic (exact) mass is 618 g/mol. The second-order valence-electron chi connectivity index (χ2n) is 11.9. The van der Waals surface area contributed by atoms with E-state index in [9.17, 15) is 0 Å². The van der Waals surface area contributed by atoms with Crippen LogP contribution in [-0.4, -0.2) is 9.55 Å². The maximum Gasteiger partial charge on any atom is 0.307 e. The second-order valence-corrected chi connectivity index (χ2v) is 13.0. The van der Waals surface area contributed by atoms with Crippen LogP contribution in [0.1, 0.15) is 0 Å². The molecule has 0 bridgehead atoms. The van der Waals surface area contributed by atoms with Gasteiger partial charge in [-0.25, -0.2) is 0 Å². The van der Waals surface area contributed by atoms with Gasteiger partial charge in [-0.05, 0) is 57.6 Å². The van der Waals surface area contributed by atoms with Gasteiger partial charge in [-0.15, -0.1) is 11.3 Å². The van der Waals surface area contributed by atoms with Crippen LogP contribution < -0.4 is 0 Å². The molecule has 0 fully saturated rings. The Morgan fingerprint density at radius 3 is 1.94 bits per heavy atom. The maximum atomic E-state index is 6.72. The van der Waals surface area contributed by atoms with E-state index in [2.05, 4.69) is 162 Å². The largest absolute Gasteiger partial charge is 0.423 e. The topological polar surface area (TPSA) is 31.0 Å². The van der Waals surface area contributed by atoms with Gasteiger partial charge in [0.15, 0.2) is 5.58 Å². The number of aromatic nitrogens is 2. The van der Waals surface area contributed by atoms with E-state index in [-0.39, 0.29) is 0 Å². The molecule has 0 aliphatic heterocycles. The van der Waals surface area contributed by atoms with Crippen molar-refractivity contribution in [2.75, 3.05) is 0 Å². The van der Waals surface area contributed by atoms with Crippen LogP contribution in [-0.2, 0) is 0 Å². The molecule has 0 spiro atoms. The highest BCUT2D eigenvalue weighted by Gasteiger charge is 2.22.